The van der Waals surface area contributed by atoms with Gasteiger partial charge >= 0.3 is 13.8 Å². The lowest BCUT2D eigenvalue weighted by molar-refractivity contribution is -0.156. The molecule has 0 rings (SSSR count). The third-order valence-electron chi connectivity index (χ3n) is 2.74. The van der Waals surface area contributed by atoms with E-state index in [9.17, 15) is 9.36 Å². The lowest BCUT2D eigenvalue weighted by Crippen LogP contribution is -2.33. The van der Waals surface area contributed by atoms with E-state index in [4.69, 9.17) is 24.0 Å². The number of phosphoric ester groups is 1. The minimum Gasteiger partial charge on any atom is -0.469 e. The van der Waals surface area contributed by atoms with Gasteiger partial charge < -0.3 is 24.0 Å². The number of carbonyl (C=O) groups excluding carboxylic acids is 1. The molecule has 0 aromatic carbocycles. The highest BCUT2D eigenvalue weighted by Gasteiger charge is 2.32. The van der Waals surface area contributed by atoms with E-state index in [1.807, 2.05) is 6.92 Å². The molecule has 0 fully saturated rings. The fraction of sp³-hybridized carbons (Fsp3) is 0.909. The van der Waals surface area contributed by atoms with Crippen molar-refractivity contribution in [1.29, 1.82) is 0 Å². The molecule has 8 nitrogen and oxygen atoms in total. The largest absolute Gasteiger partial charge is 0.469 e. The number of hydrogen-bond acceptors (Lipinski definition) is 6. The van der Waals surface area contributed by atoms with Gasteiger partial charge in [-0.3, -0.25) is 9.32 Å². The minimum atomic E-state index is -4.43. The lowest BCUT2D eigenvalue weighted by atomic mass is 9.89. The van der Waals surface area contributed by atoms with Gasteiger partial charge in [0, 0.05) is 0 Å². The summed E-state index contributed by atoms with van der Waals surface area (Å²) in [7, 11) is -3.10. The van der Waals surface area contributed by atoms with E-state index in [1.165, 1.54) is 7.11 Å². The molecule has 0 bridgehead atoms. The predicted molar refractivity (Wildman–Crippen MR) is 70.0 cm³/mol. The molecule has 120 valence electrons. The average molecular weight is 314 g/mol. The molecule has 1 atom stereocenters. The number of ether oxygens (including phenoxy) is 3. The molecule has 0 aliphatic heterocycles. The molecule has 0 aliphatic rings. The van der Waals surface area contributed by atoms with Crippen molar-refractivity contribution in [2.75, 3.05) is 40.1 Å². The third-order valence-corrected chi connectivity index (χ3v) is 3.26. The first-order valence-corrected chi connectivity index (χ1v) is 7.72. The Balaban J connectivity index is 3.66. The summed E-state index contributed by atoms with van der Waals surface area (Å²) in [6.45, 7) is 4.21. The van der Waals surface area contributed by atoms with E-state index >= 15 is 0 Å². The van der Waals surface area contributed by atoms with Crippen molar-refractivity contribution in [3.05, 3.63) is 0 Å². The first-order valence-electron chi connectivity index (χ1n) is 6.19. The van der Waals surface area contributed by atoms with Crippen molar-refractivity contribution in [2.24, 2.45) is 5.41 Å². The van der Waals surface area contributed by atoms with Crippen molar-refractivity contribution in [1.82, 2.24) is 0 Å². The van der Waals surface area contributed by atoms with Crippen LogP contribution < -0.4 is 0 Å². The Morgan fingerprint density at radius 1 is 1.15 bits per heavy atom. The second-order valence-corrected chi connectivity index (χ2v) is 5.63. The van der Waals surface area contributed by atoms with Gasteiger partial charge in [-0.2, -0.15) is 0 Å². The highest BCUT2D eigenvalue weighted by Crippen LogP contribution is 2.35. The average Bonchev–Trinajstić information content (AvgIpc) is 2.39. The van der Waals surface area contributed by atoms with Gasteiger partial charge in [0.2, 0.25) is 0 Å². The fourth-order valence-corrected chi connectivity index (χ4v) is 1.60. The molecule has 0 saturated carbocycles. The molecule has 1 unspecified atom stereocenters. The zero-order valence-corrected chi connectivity index (χ0v) is 12.9. The summed E-state index contributed by atoms with van der Waals surface area (Å²) in [5.41, 5.74) is -0.682. The van der Waals surface area contributed by atoms with Gasteiger partial charge in [0.05, 0.1) is 45.6 Å². The molecule has 0 heterocycles. The molecule has 0 saturated heterocycles. The smallest absolute Gasteiger partial charge is 0.469 e. The van der Waals surface area contributed by atoms with Crippen LogP contribution in [0.3, 0.4) is 0 Å². The molecule has 0 radical (unpaired) electrons. The van der Waals surface area contributed by atoms with Crippen LogP contribution in [0.2, 0.25) is 0 Å². The summed E-state index contributed by atoms with van der Waals surface area (Å²) >= 11 is 0. The molecule has 0 aliphatic carbocycles. The molecule has 2 N–H and O–H groups in total. The van der Waals surface area contributed by atoms with Crippen molar-refractivity contribution in [2.45, 2.75) is 20.3 Å². The fourth-order valence-electron chi connectivity index (χ4n) is 1.28. The summed E-state index contributed by atoms with van der Waals surface area (Å²) < 4.78 is 29.6. The summed E-state index contributed by atoms with van der Waals surface area (Å²) in [5, 5.41) is 0. The zero-order valence-electron chi connectivity index (χ0n) is 12.0. The number of esters is 1. The van der Waals surface area contributed by atoms with Gasteiger partial charge in [0.15, 0.2) is 0 Å². The Labute approximate surface area is 118 Å². The standard InChI is InChI=1S/C11H23O8P/c1-4-11(2,10(12)16-3)9-18-6-5-17-7-8-19-20(13,14)15/h4-9H2,1-3H3,(H2,13,14,15). The summed E-state index contributed by atoms with van der Waals surface area (Å²) in [5.74, 6) is -0.323. The number of carbonyl (C=O) groups is 1. The molecule has 0 spiro atoms. The zero-order chi connectivity index (χ0) is 15.6. The quantitative estimate of drug-likeness (QED) is 0.326. The van der Waals surface area contributed by atoms with E-state index in [0.29, 0.717) is 6.42 Å². The number of hydrogen-bond donors (Lipinski definition) is 2. The van der Waals surface area contributed by atoms with Gasteiger partial charge in [0.25, 0.3) is 0 Å². The second kappa shape index (κ2) is 9.44. The van der Waals surface area contributed by atoms with E-state index in [-0.39, 0.29) is 39.0 Å². The van der Waals surface area contributed by atoms with Gasteiger partial charge in [-0.15, -0.1) is 0 Å². The Kier molecular flexibility index (Phi) is 9.20. The van der Waals surface area contributed by atoms with E-state index < -0.39 is 13.2 Å². The maximum atomic E-state index is 11.5. The van der Waals surface area contributed by atoms with Crippen molar-refractivity contribution < 1.29 is 37.9 Å². The van der Waals surface area contributed by atoms with E-state index in [0.717, 1.165) is 0 Å². The summed E-state index contributed by atoms with van der Waals surface area (Å²) in [6.07, 6.45) is 0.594. The van der Waals surface area contributed by atoms with Crippen LogP contribution in [0.5, 0.6) is 0 Å². The first-order chi connectivity index (χ1) is 9.25. The summed E-state index contributed by atoms with van der Waals surface area (Å²) in [6, 6.07) is 0. The van der Waals surface area contributed by atoms with Crippen molar-refractivity contribution in [3.8, 4) is 0 Å². The minimum absolute atomic E-state index is 0.0521. The molecular formula is C11H23O8P. The Morgan fingerprint density at radius 2 is 1.70 bits per heavy atom. The monoisotopic (exact) mass is 314 g/mol. The van der Waals surface area contributed by atoms with Crippen molar-refractivity contribution in [3.63, 3.8) is 0 Å². The van der Waals surface area contributed by atoms with Crippen LogP contribution in [0.1, 0.15) is 20.3 Å². The van der Waals surface area contributed by atoms with Gasteiger partial charge in [-0.25, -0.2) is 4.57 Å². The topological polar surface area (TPSA) is 112 Å². The van der Waals surface area contributed by atoms with Crippen LogP contribution in [-0.4, -0.2) is 55.9 Å². The third kappa shape index (κ3) is 8.63. The van der Waals surface area contributed by atoms with Crippen LogP contribution >= 0.6 is 7.82 Å². The highest BCUT2D eigenvalue weighted by molar-refractivity contribution is 7.46. The van der Waals surface area contributed by atoms with Crippen LogP contribution in [0.25, 0.3) is 0 Å². The van der Waals surface area contributed by atoms with Crippen LogP contribution in [0.15, 0.2) is 0 Å². The molecule has 0 aromatic heterocycles. The molecular weight excluding hydrogens is 291 g/mol. The van der Waals surface area contributed by atoms with E-state index in [2.05, 4.69) is 4.52 Å². The highest BCUT2D eigenvalue weighted by atomic mass is 31.2. The van der Waals surface area contributed by atoms with Gasteiger partial charge in [-0.05, 0) is 13.3 Å². The van der Waals surface area contributed by atoms with Crippen LogP contribution in [0, 0.1) is 5.41 Å². The van der Waals surface area contributed by atoms with E-state index in [1.54, 1.807) is 6.92 Å². The molecule has 0 amide bonds. The maximum Gasteiger partial charge on any atom is 0.469 e. The second-order valence-electron chi connectivity index (χ2n) is 4.39. The lowest BCUT2D eigenvalue weighted by Gasteiger charge is -2.24. The molecule has 9 heteroatoms. The Morgan fingerprint density at radius 3 is 2.20 bits per heavy atom. The number of phosphoric acid groups is 1. The Hall–Kier alpha value is -0.500. The predicted octanol–water partition coefficient (Wildman–Crippen LogP) is 0.718. The van der Waals surface area contributed by atoms with Gasteiger partial charge in [-0.1, -0.05) is 6.92 Å². The maximum absolute atomic E-state index is 11.5. The Bertz CT molecular complexity index is 328. The van der Waals surface area contributed by atoms with Crippen molar-refractivity contribution >= 4 is 13.8 Å². The molecule has 20 heavy (non-hydrogen) atoms. The van der Waals surface area contributed by atoms with Gasteiger partial charge in [0.1, 0.15) is 0 Å². The SMILES string of the molecule is CCC(C)(COCCOCCOP(=O)(O)O)C(=O)OC. The molecule has 0 aromatic rings. The number of rotatable bonds is 11. The summed E-state index contributed by atoms with van der Waals surface area (Å²) in [4.78, 5) is 28.4. The number of methoxy groups -OCH3 is 1. The van der Waals surface area contributed by atoms with Crippen LogP contribution in [-0.2, 0) is 28.1 Å². The normalized spacial score (nSPS) is 14.8. The first kappa shape index (κ1) is 19.5. The van der Waals surface area contributed by atoms with Crippen LogP contribution in [0.4, 0.5) is 0 Å².